The van der Waals surface area contributed by atoms with Crippen LogP contribution >= 0.6 is 0 Å². The summed E-state index contributed by atoms with van der Waals surface area (Å²) in [5.41, 5.74) is 0.875. The van der Waals surface area contributed by atoms with E-state index in [2.05, 4.69) is 4.74 Å². The number of ketones is 1. The first-order valence-electron chi connectivity index (χ1n) is 12.2. The molecule has 0 atom stereocenters. The monoisotopic (exact) mass is 585 g/mol. The Balaban J connectivity index is 0.000000615. The van der Waals surface area contributed by atoms with Gasteiger partial charge in [-0.25, -0.2) is 4.79 Å². The number of Topliss-reactive ketones (excluding diaryl/α,β-unsaturated/α-hetero) is 1. The minimum Gasteiger partial charge on any atom is -0.870 e. The Morgan fingerprint density at radius 2 is 1.12 bits per heavy atom. The Labute approximate surface area is 280 Å². The van der Waals surface area contributed by atoms with E-state index in [1.54, 1.807) is 38.1 Å². The number of carboxylic acids is 1. The number of carboxylic acid groups (broad SMARTS) is 1. The fraction of sp³-hybridized carbons (Fsp3) is 0.194. The molecule has 41 heavy (non-hydrogen) atoms. The standard InChI is InChI=1S/C15H14O3.C11H8O2.C5H7O3.K.H2O/c1-2-18-15(17)10-14(16)13-8-7-11-5-3-4-6-12(11)9-13;12-11(13)10-6-5-8-3-1-2-4-9(8)7-10;1-2-8-5(7)3-4-6;;/h3-9H,2,10H2,1H3;1-7H,(H,12,13);2-3H2,1H3;;1H2/q;;-1;+1;/p-1. The zero-order valence-electron chi connectivity index (χ0n) is 23.2. The molecule has 4 rings (SSSR count). The number of hydrogen-bond acceptors (Lipinski definition) is 8. The summed E-state index contributed by atoms with van der Waals surface area (Å²) in [5.74, 6) is -2.08. The number of aromatic carboxylic acids is 1. The van der Waals surface area contributed by atoms with E-state index < -0.39 is 17.9 Å². The summed E-state index contributed by atoms with van der Waals surface area (Å²) in [5, 5.41) is 12.8. The van der Waals surface area contributed by atoms with Gasteiger partial charge in [0.25, 0.3) is 5.97 Å². The van der Waals surface area contributed by atoms with Crippen molar-refractivity contribution in [2.24, 2.45) is 0 Å². The van der Waals surface area contributed by atoms with Gasteiger partial charge in [0.15, 0.2) is 5.78 Å². The molecular weight excluding hydrogens is 555 g/mol. The summed E-state index contributed by atoms with van der Waals surface area (Å²) in [7, 11) is 0. The first kappa shape index (κ1) is 37.7. The maximum absolute atomic E-state index is 11.9. The molecule has 0 heterocycles. The van der Waals surface area contributed by atoms with Gasteiger partial charge < -0.3 is 24.9 Å². The molecule has 10 heteroatoms. The first-order chi connectivity index (χ1) is 18.8. The molecule has 0 unspecified atom stereocenters. The van der Waals surface area contributed by atoms with Gasteiger partial charge in [-0.2, -0.15) is 0 Å². The van der Waals surface area contributed by atoms with Crippen LogP contribution in [0.1, 0.15) is 47.4 Å². The topological polar surface area (TPSA) is 154 Å². The molecule has 0 aromatic heterocycles. The predicted octanol–water partition coefficient (Wildman–Crippen LogP) is 2.39. The third-order valence-corrected chi connectivity index (χ3v) is 5.20. The van der Waals surface area contributed by atoms with E-state index in [0.717, 1.165) is 21.5 Å². The Bertz CT molecular complexity index is 1450. The molecule has 4 aromatic carbocycles. The number of rotatable bonds is 8. The van der Waals surface area contributed by atoms with E-state index in [0.29, 0.717) is 24.3 Å². The molecule has 0 aliphatic heterocycles. The van der Waals surface area contributed by atoms with Gasteiger partial charge in [0.05, 0.1) is 18.8 Å². The zero-order valence-corrected chi connectivity index (χ0v) is 26.3. The van der Waals surface area contributed by atoms with Crippen molar-refractivity contribution in [2.45, 2.75) is 26.7 Å². The van der Waals surface area contributed by atoms with Crippen molar-refractivity contribution in [3.8, 4) is 0 Å². The molecule has 9 nitrogen and oxygen atoms in total. The maximum Gasteiger partial charge on any atom is 1.00 e. The number of fused-ring (bicyclic) bond motifs is 2. The van der Waals surface area contributed by atoms with E-state index in [9.17, 15) is 24.0 Å². The summed E-state index contributed by atoms with van der Waals surface area (Å²) in [6.45, 7) is 4.02. The smallest absolute Gasteiger partial charge is 0.870 e. The zero-order chi connectivity index (χ0) is 28.6. The summed E-state index contributed by atoms with van der Waals surface area (Å²) < 4.78 is 9.14. The van der Waals surface area contributed by atoms with Crippen molar-refractivity contribution in [2.75, 3.05) is 13.2 Å². The minimum absolute atomic E-state index is 0. The predicted molar refractivity (Wildman–Crippen MR) is 149 cm³/mol. The second-order valence-electron chi connectivity index (χ2n) is 7.96. The second kappa shape index (κ2) is 20.6. The van der Waals surface area contributed by atoms with Crippen LogP contribution in [0, 0.1) is 0 Å². The SMILES string of the molecule is CCOC(=O)CC(=O)c1ccc2ccccc2c1.CCOC(=O)C[C-]=O.O=C(O)c1ccc2ccccc2c1.[K+].[OH-]. The van der Waals surface area contributed by atoms with Gasteiger partial charge in [0, 0.05) is 5.56 Å². The fourth-order valence-corrected chi connectivity index (χ4v) is 3.40. The number of ether oxygens (including phenoxy) is 2. The molecule has 0 fully saturated rings. The van der Waals surface area contributed by atoms with Gasteiger partial charge in [-0.1, -0.05) is 73.2 Å². The Kier molecular flexibility index (Phi) is 19.0. The van der Waals surface area contributed by atoms with Gasteiger partial charge >= 0.3 is 63.3 Å². The van der Waals surface area contributed by atoms with Gasteiger partial charge in [-0.3, -0.25) is 20.7 Å². The molecule has 0 amide bonds. The van der Waals surface area contributed by atoms with Crippen LogP contribution in [0.3, 0.4) is 0 Å². The van der Waals surface area contributed by atoms with E-state index in [4.69, 9.17) is 9.84 Å². The van der Waals surface area contributed by atoms with Crippen molar-refractivity contribution in [3.05, 3.63) is 96.1 Å². The van der Waals surface area contributed by atoms with Gasteiger partial charge in [0.1, 0.15) is 6.42 Å². The van der Waals surface area contributed by atoms with Gasteiger partial charge in [-0.05, 0) is 53.6 Å². The van der Waals surface area contributed by atoms with Crippen LogP contribution in [0.5, 0.6) is 0 Å². The number of benzene rings is 4. The largest absolute Gasteiger partial charge is 1.00 e. The van der Waals surface area contributed by atoms with Crippen LogP contribution in [0.25, 0.3) is 21.5 Å². The van der Waals surface area contributed by atoms with Crippen molar-refractivity contribution in [1.29, 1.82) is 0 Å². The van der Waals surface area contributed by atoms with Crippen LogP contribution in [0.2, 0.25) is 0 Å². The van der Waals surface area contributed by atoms with Crippen LogP contribution in [0.4, 0.5) is 0 Å². The fourth-order valence-electron chi connectivity index (χ4n) is 3.40. The summed E-state index contributed by atoms with van der Waals surface area (Å²) in [6, 6.07) is 26.0. The number of esters is 2. The average molecular weight is 586 g/mol. The van der Waals surface area contributed by atoms with Gasteiger partial charge in [-0.15, -0.1) is 0 Å². The van der Waals surface area contributed by atoms with Crippen molar-refractivity contribution >= 4 is 51.5 Å². The van der Waals surface area contributed by atoms with Crippen LogP contribution in [-0.4, -0.2) is 53.8 Å². The second-order valence-corrected chi connectivity index (χ2v) is 7.96. The molecule has 2 N–H and O–H groups in total. The van der Waals surface area contributed by atoms with Crippen LogP contribution in [-0.2, 0) is 23.9 Å². The quantitative estimate of drug-likeness (QED) is 0.108. The third kappa shape index (κ3) is 13.3. The molecule has 4 aromatic rings. The van der Waals surface area contributed by atoms with Crippen molar-refractivity contribution in [3.63, 3.8) is 0 Å². The summed E-state index contributed by atoms with van der Waals surface area (Å²) >= 11 is 0. The normalized spacial score (nSPS) is 9.32. The molecule has 0 saturated heterocycles. The molecule has 210 valence electrons. The molecule has 0 bridgehead atoms. The summed E-state index contributed by atoms with van der Waals surface area (Å²) in [4.78, 5) is 53.4. The molecule has 0 aliphatic rings. The molecule has 0 aliphatic carbocycles. The molecule has 0 saturated carbocycles. The van der Waals surface area contributed by atoms with E-state index >= 15 is 0 Å². The summed E-state index contributed by atoms with van der Waals surface area (Å²) in [6.07, 6.45) is 0.969. The van der Waals surface area contributed by atoms with E-state index in [1.165, 1.54) is 6.29 Å². The number of hydrogen-bond donors (Lipinski definition) is 1. The Morgan fingerprint density at radius 1 is 0.683 bits per heavy atom. The minimum atomic E-state index is -0.884. The molecular formula is C31H30KO9-. The molecule has 0 radical (unpaired) electrons. The average Bonchev–Trinajstić information content (AvgIpc) is 2.93. The van der Waals surface area contributed by atoms with Gasteiger partial charge in [0.2, 0.25) is 0 Å². The number of carbonyl (C=O) groups excluding carboxylic acids is 4. The number of carbonyl (C=O) groups is 4. The Morgan fingerprint density at radius 3 is 1.59 bits per heavy atom. The first-order valence-corrected chi connectivity index (χ1v) is 12.2. The Hall–Kier alpha value is -3.25. The van der Waals surface area contributed by atoms with E-state index in [1.807, 2.05) is 60.7 Å². The van der Waals surface area contributed by atoms with Crippen molar-refractivity contribution < 1.29 is 95.4 Å². The third-order valence-electron chi connectivity index (χ3n) is 5.20. The molecule has 0 spiro atoms. The van der Waals surface area contributed by atoms with Crippen LogP contribution < -0.4 is 51.4 Å². The van der Waals surface area contributed by atoms with E-state index in [-0.39, 0.29) is 75.5 Å². The van der Waals surface area contributed by atoms with Crippen LogP contribution in [0.15, 0.2) is 84.9 Å². The van der Waals surface area contributed by atoms with Crippen molar-refractivity contribution in [1.82, 2.24) is 0 Å². The maximum atomic E-state index is 11.9.